The second kappa shape index (κ2) is 5.51. The molecule has 1 aromatic heterocycles. The van der Waals surface area contributed by atoms with Crippen LogP contribution >= 0.6 is 22.6 Å². The number of carbonyl (C=O) groups excluding carboxylic acids is 1. The highest BCUT2D eigenvalue weighted by Gasteiger charge is 2.30. The first-order valence-corrected chi connectivity index (χ1v) is 6.58. The van der Waals surface area contributed by atoms with E-state index >= 15 is 0 Å². The molecule has 2 rings (SSSR count). The van der Waals surface area contributed by atoms with Crippen molar-refractivity contribution in [1.29, 1.82) is 0 Å². The van der Waals surface area contributed by atoms with Gasteiger partial charge in [-0.25, -0.2) is 9.78 Å². The van der Waals surface area contributed by atoms with E-state index in [1.807, 2.05) is 12.1 Å². The molecule has 18 heavy (non-hydrogen) atoms. The molecule has 0 spiro atoms. The van der Waals surface area contributed by atoms with Crippen molar-refractivity contribution in [3.8, 4) is 0 Å². The molecule has 0 radical (unpaired) electrons. The molecule has 0 bridgehead atoms. The summed E-state index contributed by atoms with van der Waals surface area (Å²) in [4.78, 5) is 28.4. The first-order valence-electron chi connectivity index (χ1n) is 5.50. The highest BCUT2D eigenvalue weighted by molar-refractivity contribution is 14.1. The van der Waals surface area contributed by atoms with Crippen molar-refractivity contribution < 1.29 is 14.7 Å². The molecule has 7 heteroatoms. The molecule has 96 valence electrons. The largest absolute Gasteiger partial charge is 0.465 e. The molecule has 2 N–H and O–H groups in total. The van der Waals surface area contributed by atoms with Crippen LogP contribution in [-0.4, -0.2) is 34.7 Å². The second-order valence-electron chi connectivity index (χ2n) is 3.97. The zero-order valence-corrected chi connectivity index (χ0v) is 11.6. The lowest BCUT2D eigenvalue weighted by molar-refractivity contribution is -0.121. The number of hydrogen-bond donors (Lipinski definition) is 2. The Hall–Kier alpha value is -1.38. The molecule has 1 saturated heterocycles. The first-order chi connectivity index (χ1) is 8.58. The standard InChI is InChI=1S/C11H12IN3O3/c12-9-4-3-7(6-13-9)15-5-1-2-8(10(15)16)14-11(17)18/h3-4,6,8,14H,1-2,5H2,(H,17,18)/t8-/m0/s1. The monoisotopic (exact) mass is 361 g/mol. The molecule has 6 nitrogen and oxygen atoms in total. The Kier molecular flexibility index (Phi) is 4.00. The van der Waals surface area contributed by atoms with Gasteiger partial charge >= 0.3 is 6.09 Å². The van der Waals surface area contributed by atoms with Gasteiger partial charge in [0.15, 0.2) is 0 Å². The van der Waals surface area contributed by atoms with Gasteiger partial charge in [-0.05, 0) is 47.6 Å². The van der Waals surface area contributed by atoms with Gasteiger partial charge < -0.3 is 15.3 Å². The molecule has 1 fully saturated rings. The maximum absolute atomic E-state index is 12.1. The van der Waals surface area contributed by atoms with E-state index < -0.39 is 12.1 Å². The molecule has 0 aliphatic carbocycles. The highest BCUT2D eigenvalue weighted by Crippen LogP contribution is 2.20. The fraction of sp³-hybridized carbons (Fsp3) is 0.364. The lowest BCUT2D eigenvalue weighted by atomic mass is 10.0. The van der Waals surface area contributed by atoms with Crippen LogP contribution in [0.25, 0.3) is 0 Å². The van der Waals surface area contributed by atoms with Gasteiger partial charge in [0.25, 0.3) is 0 Å². The lowest BCUT2D eigenvalue weighted by Gasteiger charge is -2.31. The minimum absolute atomic E-state index is 0.216. The maximum Gasteiger partial charge on any atom is 0.405 e. The number of carbonyl (C=O) groups is 2. The van der Waals surface area contributed by atoms with Gasteiger partial charge in [-0.2, -0.15) is 0 Å². The average Bonchev–Trinajstić information content (AvgIpc) is 2.33. The van der Waals surface area contributed by atoms with Gasteiger partial charge in [0.1, 0.15) is 9.74 Å². The van der Waals surface area contributed by atoms with Crippen LogP contribution in [0.3, 0.4) is 0 Å². The third-order valence-electron chi connectivity index (χ3n) is 2.76. The maximum atomic E-state index is 12.1. The third-order valence-corrected chi connectivity index (χ3v) is 3.40. The Morgan fingerprint density at radius 2 is 2.33 bits per heavy atom. The van der Waals surface area contributed by atoms with Gasteiger partial charge in [0.05, 0.1) is 11.9 Å². The number of hydrogen-bond acceptors (Lipinski definition) is 3. The van der Waals surface area contributed by atoms with E-state index in [9.17, 15) is 9.59 Å². The molecule has 2 amide bonds. The van der Waals surface area contributed by atoms with Crippen LogP contribution in [0.2, 0.25) is 0 Å². The quantitative estimate of drug-likeness (QED) is 0.617. The van der Waals surface area contributed by atoms with Crippen LogP contribution in [0.1, 0.15) is 12.8 Å². The SMILES string of the molecule is O=C(O)N[C@H]1CCCN(c2ccc(I)nc2)C1=O. The second-order valence-corrected chi connectivity index (χ2v) is 5.08. The average molecular weight is 361 g/mol. The van der Waals surface area contributed by atoms with Crippen LogP contribution in [0.5, 0.6) is 0 Å². The van der Waals surface area contributed by atoms with Crippen molar-refractivity contribution in [3.63, 3.8) is 0 Å². The number of halogens is 1. The van der Waals surface area contributed by atoms with Crippen molar-refractivity contribution in [3.05, 3.63) is 22.0 Å². The summed E-state index contributed by atoms with van der Waals surface area (Å²) in [7, 11) is 0. The number of rotatable bonds is 2. The fourth-order valence-corrected chi connectivity index (χ4v) is 2.26. The van der Waals surface area contributed by atoms with Crippen molar-refractivity contribution in [2.75, 3.05) is 11.4 Å². The predicted octanol–water partition coefficient (Wildman–Crippen LogP) is 1.45. The van der Waals surface area contributed by atoms with Gasteiger partial charge in [0.2, 0.25) is 5.91 Å². The molecule has 2 heterocycles. The number of pyridine rings is 1. The number of aromatic nitrogens is 1. The predicted molar refractivity (Wildman–Crippen MR) is 73.5 cm³/mol. The summed E-state index contributed by atoms with van der Waals surface area (Å²) in [6.45, 7) is 0.596. The minimum atomic E-state index is -1.17. The zero-order chi connectivity index (χ0) is 13.1. The van der Waals surface area contributed by atoms with Crippen molar-refractivity contribution in [2.24, 2.45) is 0 Å². The van der Waals surface area contributed by atoms with Gasteiger partial charge in [-0.1, -0.05) is 0 Å². The van der Waals surface area contributed by atoms with E-state index in [1.165, 1.54) is 0 Å². The zero-order valence-electron chi connectivity index (χ0n) is 9.47. The summed E-state index contributed by atoms with van der Waals surface area (Å²) in [5.41, 5.74) is 0.706. The summed E-state index contributed by atoms with van der Waals surface area (Å²) in [6, 6.07) is 2.98. The third kappa shape index (κ3) is 2.89. The summed E-state index contributed by atoms with van der Waals surface area (Å²) in [5.74, 6) is -0.216. The number of nitrogens with one attached hydrogen (secondary N) is 1. The van der Waals surface area contributed by atoms with Gasteiger partial charge in [0, 0.05) is 6.54 Å². The van der Waals surface area contributed by atoms with Crippen LogP contribution in [0, 0.1) is 3.70 Å². The van der Waals surface area contributed by atoms with Gasteiger partial charge in [-0.15, -0.1) is 0 Å². The molecule has 0 unspecified atom stereocenters. The molecule has 1 atom stereocenters. The van der Waals surface area contributed by atoms with E-state index in [-0.39, 0.29) is 5.91 Å². The van der Waals surface area contributed by atoms with Gasteiger partial charge in [-0.3, -0.25) is 4.79 Å². The summed E-state index contributed by atoms with van der Waals surface area (Å²) < 4.78 is 0.848. The van der Waals surface area contributed by atoms with E-state index in [0.29, 0.717) is 18.7 Å². The van der Waals surface area contributed by atoms with Crippen LogP contribution in [0.15, 0.2) is 18.3 Å². The normalized spacial score (nSPS) is 19.7. The Morgan fingerprint density at radius 3 is 2.94 bits per heavy atom. The van der Waals surface area contributed by atoms with E-state index in [4.69, 9.17) is 5.11 Å². The summed E-state index contributed by atoms with van der Waals surface area (Å²) in [5, 5.41) is 10.9. The molecular formula is C11H12IN3O3. The van der Waals surface area contributed by atoms with E-state index in [1.54, 1.807) is 11.1 Å². The van der Waals surface area contributed by atoms with Crippen molar-refractivity contribution >= 4 is 40.3 Å². The van der Waals surface area contributed by atoms with Crippen LogP contribution in [-0.2, 0) is 4.79 Å². The van der Waals surface area contributed by atoms with Crippen LogP contribution in [0.4, 0.5) is 10.5 Å². The number of piperidine rings is 1. The molecule has 1 aliphatic rings. The van der Waals surface area contributed by atoms with E-state index in [2.05, 4.69) is 32.9 Å². The molecule has 1 aliphatic heterocycles. The van der Waals surface area contributed by atoms with E-state index in [0.717, 1.165) is 10.1 Å². The molecule has 0 saturated carbocycles. The summed E-state index contributed by atoms with van der Waals surface area (Å²) in [6.07, 6.45) is 1.77. The Bertz CT molecular complexity index is 463. The van der Waals surface area contributed by atoms with Crippen molar-refractivity contribution in [2.45, 2.75) is 18.9 Å². The number of anilines is 1. The smallest absolute Gasteiger partial charge is 0.405 e. The first kappa shape index (κ1) is 13.1. The number of carboxylic acid groups (broad SMARTS) is 1. The molecule has 0 aromatic carbocycles. The molecular weight excluding hydrogens is 349 g/mol. The van der Waals surface area contributed by atoms with Crippen LogP contribution < -0.4 is 10.2 Å². The Balaban J connectivity index is 2.15. The minimum Gasteiger partial charge on any atom is -0.465 e. The Labute approximate surface area is 118 Å². The lowest BCUT2D eigenvalue weighted by Crippen LogP contribution is -2.52. The van der Waals surface area contributed by atoms with Crippen molar-refractivity contribution in [1.82, 2.24) is 10.3 Å². The Morgan fingerprint density at radius 1 is 1.56 bits per heavy atom. The number of nitrogens with zero attached hydrogens (tertiary/aromatic N) is 2. The molecule has 1 aromatic rings. The topological polar surface area (TPSA) is 82.5 Å². The fourth-order valence-electron chi connectivity index (χ4n) is 1.94. The summed E-state index contributed by atoms with van der Waals surface area (Å²) >= 11 is 2.09. The number of amides is 2. The highest BCUT2D eigenvalue weighted by atomic mass is 127.